The van der Waals surface area contributed by atoms with Crippen LogP contribution in [0.2, 0.25) is 0 Å². The van der Waals surface area contributed by atoms with Crippen molar-refractivity contribution < 1.29 is 4.79 Å². The number of nitrogens with zero attached hydrogens (tertiary/aromatic N) is 2. The fraction of sp³-hybridized carbons (Fsp3) is 0.933. The van der Waals surface area contributed by atoms with Crippen LogP contribution in [0.15, 0.2) is 0 Å². The summed E-state index contributed by atoms with van der Waals surface area (Å²) in [5, 5.41) is 0. The molecule has 1 atom stereocenters. The third-order valence-electron chi connectivity index (χ3n) is 4.73. The van der Waals surface area contributed by atoms with Crippen molar-refractivity contribution in [3.8, 4) is 0 Å². The smallest absolute Gasteiger partial charge is 0.224 e. The number of hydrogen-bond acceptors (Lipinski definition) is 3. The minimum absolute atomic E-state index is 0.252. The Morgan fingerprint density at radius 2 is 1.79 bits per heavy atom. The largest absolute Gasteiger partial charge is 0.343 e. The highest BCUT2D eigenvalue weighted by Gasteiger charge is 2.26. The molecule has 2 rings (SSSR count). The number of piperidine rings is 2. The van der Waals surface area contributed by atoms with Crippen molar-refractivity contribution >= 4 is 5.91 Å². The molecule has 4 nitrogen and oxygen atoms in total. The second kappa shape index (κ2) is 7.25. The van der Waals surface area contributed by atoms with Crippen LogP contribution < -0.4 is 5.73 Å². The summed E-state index contributed by atoms with van der Waals surface area (Å²) in [5.74, 6) is 1.14. The summed E-state index contributed by atoms with van der Waals surface area (Å²) >= 11 is 0. The Hall–Kier alpha value is -0.610. The van der Waals surface area contributed by atoms with E-state index >= 15 is 0 Å². The summed E-state index contributed by atoms with van der Waals surface area (Å²) in [4.78, 5) is 16.8. The highest BCUT2D eigenvalue weighted by atomic mass is 16.2. The number of amides is 1. The van der Waals surface area contributed by atoms with Crippen molar-refractivity contribution in [2.24, 2.45) is 11.7 Å². The number of nitrogens with two attached hydrogens (primary N) is 1. The molecule has 19 heavy (non-hydrogen) atoms. The maximum Gasteiger partial charge on any atom is 0.224 e. The Kier molecular flexibility index (Phi) is 5.64. The van der Waals surface area contributed by atoms with Crippen molar-refractivity contribution in [1.82, 2.24) is 9.80 Å². The molecular weight excluding hydrogens is 238 g/mol. The molecule has 2 fully saturated rings. The number of hydrogen-bond donors (Lipinski definition) is 1. The van der Waals surface area contributed by atoms with E-state index in [1.54, 1.807) is 0 Å². The van der Waals surface area contributed by atoms with Gasteiger partial charge in [-0.05, 0) is 51.1 Å². The molecular formula is C15H29N3O. The minimum Gasteiger partial charge on any atom is -0.343 e. The molecule has 2 aliphatic rings. The van der Waals surface area contributed by atoms with Crippen LogP contribution in [0.1, 0.15) is 45.4 Å². The second-order valence-corrected chi connectivity index (χ2v) is 6.25. The van der Waals surface area contributed by atoms with Gasteiger partial charge in [-0.25, -0.2) is 0 Å². The lowest BCUT2D eigenvalue weighted by atomic mass is 9.97. The summed E-state index contributed by atoms with van der Waals surface area (Å²) in [6.07, 6.45) is 6.71. The third kappa shape index (κ3) is 4.18. The van der Waals surface area contributed by atoms with Gasteiger partial charge in [-0.2, -0.15) is 0 Å². The Balaban J connectivity index is 1.82. The first-order chi connectivity index (χ1) is 9.20. The molecule has 0 saturated carbocycles. The average Bonchev–Trinajstić information content (AvgIpc) is 2.46. The van der Waals surface area contributed by atoms with Gasteiger partial charge in [0.2, 0.25) is 5.91 Å². The first kappa shape index (κ1) is 14.8. The molecule has 1 amide bonds. The second-order valence-electron chi connectivity index (χ2n) is 6.25. The minimum atomic E-state index is 0.252. The first-order valence-corrected chi connectivity index (χ1v) is 7.92. The number of carbonyl (C=O) groups is 1. The predicted octanol–water partition coefficient (Wildman–Crippen LogP) is 1.45. The van der Waals surface area contributed by atoms with Crippen molar-refractivity contribution in [2.75, 3.05) is 32.7 Å². The van der Waals surface area contributed by atoms with Crippen molar-refractivity contribution in [2.45, 2.75) is 51.5 Å². The van der Waals surface area contributed by atoms with Gasteiger partial charge in [0.25, 0.3) is 0 Å². The van der Waals surface area contributed by atoms with E-state index in [1.807, 2.05) is 4.90 Å². The SMILES string of the molecule is CC1CCN(C(CN)CC(=O)N2CCCCC2)CC1. The molecule has 2 heterocycles. The van der Waals surface area contributed by atoms with Crippen LogP contribution in [0.5, 0.6) is 0 Å². The van der Waals surface area contributed by atoms with Crippen LogP contribution in [0.3, 0.4) is 0 Å². The molecule has 2 saturated heterocycles. The molecule has 0 aromatic heterocycles. The quantitative estimate of drug-likeness (QED) is 0.838. The molecule has 0 aromatic rings. The van der Waals surface area contributed by atoms with Gasteiger partial charge in [-0.1, -0.05) is 6.92 Å². The molecule has 0 bridgehead atoms. The van der Waals surface area contributed by atoms with Crippen molar-refractivity contribution in [3.05, 3.63) is 0 Å². The highest BCUT2D eigenvalue weighted by Crippen LogP contribution is 2.20. The van der Waals surface area contributed by atoms with E-state index in [2.05, 4.69) is 11.8 Å². The summed E-state index contributed by atoms with van der Waals surface area (Å²) in [7, 11) is 0. The van der Waals surface area contributed by atoms with E-state index < -0.39 is 0 Å². The first-order valence-electron chi connectivity index (χ1n) is 7.92. The van der Waals surface area contributed by atoms with E-state index in [0.717, 1.165) is 32.1 Å². The van der Waals surface area contributed by atoms with Crippen molar-refractivity contribution in [1.29, 1.82) is 0 Å². The maximum absolute atomic E-state index is 12.3. The van der Waals surface area contributed by atoms with Gasteiger partial charge >= 0.3 is 0 Å². The van der Waals surface area contributed by atoms with Crippen LogP contribution in [-0.2, 0) is 4.79 Å². The Morgan fingerprint density at radius 3 is 2.37 bits per heavy atom. The molecule has 2 N–H and O–H groups in total. The topological polar surface area (TPSA) is 49.6 Å². The van der Waals surface area contributed by atoms with Gasteiger partial charge in [-0.3, -0.25) is 9.69 Å². The zero-order chi connectivity index (χ0) is 13.7. The third-order valence-corrected chi connectivity index (χ3v) is 4.73. The summed E-state index contributed by atoms with van der Waals surface area (Å²) < 4.78 is 0. The molecule has 0 radical (unpaired) electrons. The normalized spacial score (nSPS) is 24.4. The summed E-state index contributed by atoms with van der Waals surface area (Å²) in [6.45, 7) is 7.04. The molecule has 110 valence electrons. The van der Waals surface area contributed by atoms with Crippen LogP contribution in [0, 0.1) is 5.92 Å². The number of carbonyl (C=O) groups excluding carboxylic acids is 1. The van der Waals surface area contributed by atoms with Crippen LogP contribution in [-0.4, -0.2) is 54.5 Å². The predicted molar refractivity (Wildman–Crippen MR) is 77.9 cm³/mol. The number of rotatable bonds is 4. The van der Waals surface area contributed by atoms with Gasteiger partial charge in [0.15, 0.2) is 0 Å². The molecule has 4 heteroatoms. The molecule has 0 aromatic carbocycles. The fourth-order valence-corrected chi connectivity index (χ4v) is 3.23. The molecule has 0 aliphatic carbocycles. The Bertz CT molecular complexity index is 281. The van der Waals surface area contributed by atoms with Gasteiger partial charge < -0.3 is 10.6 Å². The van der Waals surface area contributed by atoms with Gasteiger partial charge in [0, 0.05) is 32.1 Å². The summed E-state index contributed by atoms with van der Waals surface area (Å²) in [5.41, 5.74) is 5.90. The monoisotopic (exact) mass is 267 g/mol. The standard InChI is InChI=1S/C15H29N3O/c1-13-5-9-17(10-6-13)14(12-16)11-15(19)18-7-3-2-4-8-18/h13-14H,2-12,16H2,1H3. The molecule has 1 unspecified atom stereocenters. The molecule has 0 spiro atoms. The Morgan fingerprint density at radius 1 is 1.16 bits per heavy atom. The number of likely N-dealkylation sites (tertiary alicyclic amines) is 2. The van der Waals surface area contributed by atoms with Crippen LogP contribution in [0.4, 0.5) is 0 Å². The molecule has 2 aliphatic heterocycles. The average molecular weight is 267 g/mol. The van der Waals surface area contributed by atoms with E-state index in [1.165, 1.54) is 32.1 Å². The van der Waals surface area contributed by atoms with Gasteiger partial charge in [0.05, 0.1) is 0 Å². The Labute approximate surface area is 117 Å². The van der Waals surface area contributed by atoms with E-state index in [9.17, 15) is 4.79 Å². The zero-order valence-corrected chi connectivity index (χ0v) is 12.3. The lowest BCUT2D eigenvalue weighted by molar-refractivity contribution is -0.133. The van der Waals surface area contributed by atoms with E-state index in [-0.39, 0.29) is 6.04 Å². The summed E-state index contributed by atoms with van der Waals surface area (Å²) in [6, 6.07) is 0.252. The maximum atomic E-state index is 12.3. The van der Waals surface area contributed by atoms with Crippen molar-refractivity contribution in [3.63, 3.8) is 0 Å². The lowest BCUT2D eigenvalue weighted by Crippen LogP contribution is -2.48. The highest BCUT2D eigenvalue weighted by molar-refractivity contribution is 5.77. The van der Waals surface area contributed by atoms with E-state index in [0.29, 0.717) is 18.9 Å². The van der Waals surface area contributed by atoms with E-state index in [4.69, 9.17) is 5.73 Å². The fourth-order valence-electron chi connectivity index (χ4n) is 3.23. The van der Waals surface area contributed by atoms with Crippen LogP contribution >= 0.6 is 0 Å². The van der Waals surface area contributed by atoms with Gasteiger partial charge in [0.1, 0.15) is 0 Å². The van der Waals surface area contributed by atoms with Gasteiger partial charge in [-0.15, -0.1) is 0 Å². The lowest BCUT2D eigenvalue weighted by Gasteiger charge is -2.37. The van der Waals surface area contributed by atoms with Crippen LogP contribution in [0.25, 0.3) is 0 Å². The zero-order valence-electron chi connectivity index (χ0n) is 12.3.